The van der Waals surface area contributed by atoms with E-state index in [1.165, 1.54) is 0 Å². The zero-order chi connectivity index (χ0) is 18.9. The number of fused-ring (bicyclic) bond motifs is 1. The Morgan fingerprint density at radius 1 is 1.21 bits per heavy atom. The van der Waals surface area contributed by atoms with Gasteiger partial charge >= 0.3 is 0 Å². The van der Waals surface area contributed by atoms with Gasteiger partial charge in [0.15, 0.2) is 0 Å². The van der Waals surface area contributed by atoms with E-state index in [-0.39, 0.29) is 18.3 Å². The van der Waals surface area contributed by atoms with Gasteiger partial charge in [-0.25, -0.2) is 4.98 Å². The number of hydrogen-bond acceptors (Lipinski definition) is 5. The lowest BCUT2D eigenvalue weighted by Crippen LogP contribution is -2.36. The van der Waals surface area contributed by atoms with Gasteiger partial charge in [0.25, 0.3) is 5.91 Å². The lowest BCUT2D eigenvalue weighted by atomic mass is 9.92. The third-order valence-electron chi connectivity index (χ3n) is 5.61. The molecule has 2 aromatic heterocycles. The average molecular weight is 411 g/mol. The molecule has 1 atom stereocenters. The highest BCUT2D eigenvalue weighted by molar-refractivity contribution is 5.96. The molecular weight excluding hydrogens is 388 g/mol. The van der Waals surface area contributed by atoms with E-state index in [1.807, 2.05) is 35.2 Å². The van der Waals surface area contributed by atoms with Gasteiger partial charge in [0, 0.05) is 37.5 Å². The molecule has 1 unspecified atom stereocenters. The van der Waals surface area contributed by atoms with Gasteiger partial charge in [0.2, 0.25) is 5.89 Å². The van der Waals surface area contributed by atoms with Gasteiger partial charge < -0.3 is 14.6 Å². The fraction of sp³-hybridized carbons (Fsp3) is 0.318. The Bertz CT molecular complexity index is 999. The maximum Gasteiger partial charge on any atom is 0.254 e. The second-order valence-corrected chi connectivity index (χ2v) is 7.38. The van der Waals surface area contributed by atoms with E-state index in [0.29, 0.717) is 31.3 Å². The SMILES string of the molecule is Cl.O=C(c1ccccc1C1CCNC1)N1CCc2oc(-c3cccnc3)nc2C1. The molecule has 150 valence electrons. The molecule has 0 aliphatic carbocycles. The molecule has 0 spiro atoms. The van der Waals surface area contributed by atoms with Crippen LogP contribution >= 0.6 is 12.4 Å². The van der Waals surface area contributed by atoms with Crippen molar-refractivity contribution in [3.05, 3.63) is 71.4 Å². The largest absolute Gasteiger partial charge is 0.441 e. The molecular formula is C22H23ClN4O2. The Balaban J connectivity index is 0.00000205. The van der Waals surface area contributed by atoms with E-state index in [4.69, 9.17) is 4.42 Å². The zero-order valence-electron chi connectivity index (χ0n) is 16.0. The summed E-state index contributed by atoms with van der Waals surface area (Å²) in [6.07, 6.45) is 5.23. The summed E-state index contributed by atoms with van der Waals surface area (Å²) >= 11 is 0. The molecule has 0 saturated carbocycles. The van der Waals surface area contributed by atoms with Gasteiger partial charge in [-0.1, -0.05) is 18.2 Å². The van der Waals surface area contributed by atoms with Gasteiger partial charge in [0.05, 0.1) is 12.1 Å². The number of oxazole rings is 1. The molecule has 1 amide bonds. The molecule has 29 heavy (non-hydrogen) atoms. The minimum Gasteiger partial charge on any atom is -0.441 e. The molecule has 2 aliphatic rings. The van der Waals surface area contributed by atoms with Crippen LogP contribution in [0.3, 0.4) is 0 Å². The molecule has 5 rings (SSSR count). The molecule has 7 heteroatoms. The molecule has 0 radical (unpaired) electrons. The number of carbonyl (C=O) groups excluding carboxylic acids is 1. The highest BCUT2D eigenvalue weighted by Crippen LogP contribution is 2.29. The molecule has 4 heterocycles. The van der Waals surface area contributed by atoms with Crippen molar-refractivity contribution in [2.75, 3.05) is 19.6 Å². The van der Waals surface area contributed by atoms with Crippen LogP contribution in [0.1, 0.15) is 39.7 Å². The van der Waals surface area contributed by atoms with E-state index in [0.717, 1.165) is 47.7 Å². The van der Waals surface area contributed by atoms with Crippen molar-refractivity contribution >= 4 is 18.3 Å². The number of aromatic nitrogens is 2. The van der Waals surface area contributed by atoms with E-state index in [1.54, 1.807) is 12.4 Å². The number of rotatable bonds is 3. The van der Waals surface area contributed by atoms with Crippen molar-refractivity contribution in [2.24, 2.45) is 0 Å². The van der Waals surface area contributed by atoms with Gasteiger partial charge in [-0.3, -0.25) is 9.78 Å². The van der Waals surface area contributed by atoms with E-state index in [2.05, 4.69) is 21.4 Å². The first-order valence-corrected chi connectivity index (χ1v) is 9.77. The maximum atomic E-state index is 13.3. The summed E-state index contributed by atoms with van der Waals surface area (Å²) in [4.78, 5) is 24.0. The third-order valence-corrected chi connectivity index (χ3v) is 5.61. The average Bonchev–Trinajstić information content (AvgIpc) is 3.43. The van der Waals surface area contributed by atoms with Crippen molar-refractivity contribution in [1.29, 1.82) is 0 Å². The van der Waals surface area contributed by atoms with Crippen molar-refractivity contribution in [1.82, 2.24) is 20.2 Å². The lowest BCUT2D eigenvalue weighted by molar-refractivity contribution is 0.0726. The normalized spacial score (nSPS) is 18.2. The smallest absolute Gasteiger partial charge is 0.254 e. The van der Waals surface area contributed by atoms with Gasteiger partial charge in [-0.15, -0.1) is 12.4 Å². The summed E-state index contributed by atoms with van der Waals surface area (Å²) in [6.45, 7) is 3.07. The minimum atomic E-state index is 0. The molecule has 2 aliphatic heterocycles. The van der Waals surface area contributed by atoms with Gasteiger partial charge in [-0.05, 0) is 42.6 Å². The molecule has 1 saturated heterocycles. The predicted octanol–water partition coefficient (Wildman–Crippen LogP) is 3.43. The van der Waals surface area contributed by atoms with Crippen LogP contribution in [-0.2, 0) is 13.0 Å². The Morgan fingerprint density at radius 3 is 2.90 bits per heavy atom. The fourth-order valence-electron chi connectivity index (χ4n) is 4.12. The van der Waals surface area contributed by atoms with Crippen LogP contribution in [0.5, 0.6) is 0 Å². The topological polar surface area (TPSA) is 71.3 Å². The molecule has 6 nitrogen and oxygen atoms in total. The van der Waals surface area contributed by atoms with Gasteiger partial charge in [0.1, 0.15) is 11.5 Å². The van der Waals surface area contributed by atoms with Crippen LogP contribution in [0.25, 0.3) is 11.5 Å². The number of amides is 1. The molecule has 0 bridgehead atoms. The van der Waals surface area contributed by atoms with Crippen molar-refractivity contribution in [3.63, 3.8) is 0 Å². The van der Waals surface area contributed by atoms with E-state index in [9.17, 15) is 4.79 Å². The maximum absolute atomic E-state index is 13.3. The molecule has 3 aromatic rings. The van der Waals surface area contributed by atoms with Crippen LogP contribution < -0.4 is 5.32 Å². The number of carbonyl (C=O) groups is 1. The standard InChI is InChI=1S/C22H22N4O2.ClH/c27-22(18-6-2-1-5-17(18)15-7-10-24-12-15)26-11-8-20-19(14-26)25-21(28-20)16-4-3-9-23-13-16;/h1-6,9,13,15,24H,7-8,10-12,14H2;1H. The lowest BCUT2D eigenvalue weighted by Gasteiger charge is -2.27. The summed E-state index contributed by atoms with van der Waals surface area (Å²) in [5.74, 6) is 1.94. The number of hydrogen-bond donors (Lipinski definition) is 1. The van der Waals surface area contributed by atoms with Crippen molar-refractivity contribution in [3.8, 4) is 11.5 Å². The summed E-state index contributed by atoms with van der Waals surface area (Å²) in [5.41, 5.74) is 3.67. The zero-order valence-corrected chi connectivity index (χ0v) is 16.8. The fourth-order valence-corrected chi connectivity index (χ4v) is 4.12. The first-order valence-electron chi connectivity index (χ1n) is 9.77. The summed E-state index contributed by atoms with van der Waals surface area (Å²) in [5, 5.41) is 3.40. The van der Waals surface area contributed by atoms with Crippen LogP contribution in [-0.4, -0.2) is 40.4 Å². The number of halogens is 1. The molecule has 1 aromatic carbocycles. The first-order chi connectivity index (χ1) is 13.8. The second-order valence-electron chi connectivity index (χ2n) is 7.38. The number of benzene rings is 1. The van der Waals surface area contributed by atoms with Gasteiger partial charge in [-0.2, -0.15) is 0 Å². The predicted molar refractivity (Wildman–Crippen MR) is 112 cm³/mol. The van der Waals surface area contributed by atoms with Crippen LogP contribution in [0.2, 0.25) is 0 Å². The number of nitrogens with zero attached hydrogens (tertiary/aromatic N) is 3. The Morgan fingerprint density at radius 2 is 2.10 bits per heavy atom. The second kappa shape index (κ2) is 8.35. The Kier molecular flexibility index (Phi) is 5.65. The van der Waals surface area contributed by atoms with E-state index < -0.39 is 0 Å². The Hall–Kier alpha value is -2.70. The van der Waals surface area contributed by atoms with Crippen LogP contribution in [0.4, 0.5) is 0 Å². The monoisotopic (exact) mass is 410 g/mol. The minimum absolute atomic E-state index is 0. The van der Waals surface area contributed by atoms with Crippen molar-refractivity contribution < 1.29 is 9.21 Å². The van der Waals surface area contributed by atoms with Crippen molar-refractivity contribution in [2.45, 2.75) is 25.3 Å². The Labute approximate surface area is 175 Å². The highest BCUT2D eigenvalue weighted by atomic mass is 35.5. The summed E-state index contributed by atoms with van der Waals surface area (Å²) < 4.78 is 5.93. The molecule has 1 N–H and O–H groups in total. The molecule has 1 fully saturated rings. The van der Waals surface area contributed by atoms with Crippen LogP contribution in [0, 0.1) is 0 Å². The summed E-state index contributed by atoms with van der Waals surface area (Å²) in [6, 6.07) is 11.8. The third kappa shape index (κ3) is 3.78. The quantitative estimate of drug-likeness (QED) is 0.716. The van der Waals surface area contributed by atoms with E-state index >= 15 is 0 Å². The number of pyridine rings is 1. The summed E-state index contributed by atoms with van der Waals surface area (Å²) in [7, 11) is 0. The first kappa shape index (κ1) is 19.6. The van der Waals surface area contributed by atoms with Crippen LogP contribution in [0.15, 0.2) is 53.2 Å². The highest BCUT2D eigenvalue weighted by Gasteiger charge is 2.29. The number of nitrogens with one attached hydrogen (secondary N) is 1.